The molecule has 0 spiro atoms. The standard InChI is InChI=1S/C47H74O19/c1-42(2)25-9-12-46(6)26(44(25,4)11-10-27(42)64-40-36(32(54)31(53)35(65-40)37(57)58)66-38-33(55)28(50)23(49)19-61-38)8-7-21-22-17-43(3,13-15-47(22,41(59)60)16-14-45(21,46)5)20-62-39-34(56)30(52)29(51)24(18-48)63-39/h7,22-36,38-40,48-56H,8-20H2,1-6H3,(H,57,58)(H,59,60). The van der Waals surface area contributed by atoms with Gasteiger partial charge in [0, 0.05) is 0 Å². The molecule has 3 aliphatic heterocycles. The number of carboxylic acids is 2. The van der Waals surface area contributed by atoms with E-state index in [4.69, 9.17) is 28.4 Å². The van der Waals surface area contributed by atoms with Crippen LogP contribution >= 0.6 is 0 Å². The Bertz CT molecular complexity index is 1850. The monoisotopic (exact) mass is 942 g/mol. The predicted molar refractivity (Wildman–Crippen MR) is 227 cm³/mol. The van der Waals surface area contributed by atoms with E-state index in [2.05, 4.69) is 47.6 Å². The van der Waals surface area contributed by atoms with E-state index in [1.54, 1.807) is 0 Å². The molecule has 11 N–H and O–H groups in total. The SMILES string of the molecule is CC1(COC2OC(CO)C(O)C(O)C2O)CCC2(C(=O)O)CCC3(C)C(=CCC4C5(C)CCC(OC6OC(C(=O)O)C(O)C(O)C6OC6OCC(O)C(O)C6O)C(C)(C)C5CCC43C)C2C1. The number of hydrogen-bond donors (Lipinski definition) is 11. The number of aliphatic carboxylic acids is 2. The highest BCUT2D eigenvalue weighted by atomic mass is 16.8. The minimum atomic E-state index is -1.93. The molecule has 376 valence electrons. The lowest BCUT2D eigenvalue weighted by atomic mass is 9.33. The summed E-state index contributed by atoms with van der Waals surface area (Å²) in [6.07, 6.45) is -14.0. The van der Waals surface area contributed by atoms with Crippen molar-refractivity contribution in [3.8, 4) is 0 Å². The molecule has 0 aromatic heterocycles. The van der Waals surface area contributed by atoms with Crippen LogP contribution < -0.4 is 0 Å². The van der Waals surface area contributed by atoms with Gasteiger partial charge in [-0.15, -0.1) is 0 Å². The molecule has 23 unspecified atom stereocenters. The number of carboxylic acid groups (broad SMARTS) is 2. The van der Waals surface area contributed by atoms with Crippen molar-refractivity contribution >= 4 is 11.9 Å². The van der Waals surface area contributed by atoms with Crippen molar-refractivity contribution in [3.63, 3.8) is 0 Å². The van der Waals surface area contributed by atoms with Crippen LogP contribution in [0.3, 0.4) is 0 Å². The molecule has 19 nitrogen and oxygen atoms in total. The van der Waals surface area contributed by atoms with Gasteiger partial charge in [-0.05, 0) is 109 Å². The number of hydrogen-bond acceptors (Lipinski definition) is 17. The van der Waals surface area contributed by atoms with Crippen molar-refractivity contribution in [2.24, 2.45) is 50.2 Å². The Hall–Kier alpha value is -1.92. The van der Waals surface area contributed by atoms with E-state index in [0.29, 0.717) is 38.5 Å². The van der Waals surface area contributed by atoms with Gasteiger partial charge in [-0.25, -0.2) is 4.79 Å². The Balaban J connectivity index is 1.03. The van der Waals surface area contributed by atoms with Gasteiger partial charge >= 0.3 is 11.9 Å². The number of aliphatic hydroxyl groups excluding tert-OH is 9. The molecule has 0 aromatic carbocycles. The summed E-state index contributed by atoms with van der Waals surface area (Å²) >= 11 is 0. The molecule has 0 amide bonds. The van der Waals surface area contributed by atoms with Gasteiger partial charge in [0.25, 0.3) is 0 Å². The minimum Gasteiger partial charge on any atom is -0.481 e. The highest BCUT2D eigenvalue weighted by molar-refractivity contribution is 5.76. The fourth-order valence-corrected chi connectivity index (χ4v) is 14.9. The number of carbonyl (C=O) groups is 2. The highest BCUT2D eigenvalue weighted by Gasteiger charge is 2.70. The van der Waals surface area contributed by atoms with Crippen molar-refractivity contribution < 1.29 is 94.2 Å². The molecule has 0 aromatic rings. The van der Waals surface area contributed by atoms with Crippen LogP contribution in [-0.2, 0) is 38.0 Å². The minimum absolute atomic E-state index is 0.0912. The third-order valence-electron chi connectivity index (χ3n) is 19.1. The first-order valence-electron chi connectivity index (χ1n) is 23.9. The summed E-state index contributed by atoms with van der Waals surface area (Å²) in [7, 11) is 0. The smallest absolute Gasteiger partial charge is 0.335 e. The van der Waals surface area contributed by atoms with Crippen molar-refractivity contribution in [2.45, 2.75) is 198 Å². The zero-order valence-corrected chi connectivity index (χ0v) is 38.8. The second-order valence-electron chi connectivity index (χ2n) is 22.9. The summed E-state index contributed by atoms with van der Waals surface area (Å²) in [4.78, 5) is 25.7. The zero-order valence-electron chi connectivity index (χ0n) is 38.8. The van der Waals surface area contributed by atoms with Crippen molar-refractivity contribution in [2.75, 3.05) is 19.8 Å². The van der Waals surface area contributed by atoms with E-state index in [1.807, 2.05) is 0 Å². The van der Waals surface area contributed by atoms with Gasteiger partial charge in [0.1, 0.15) is 61.0 Å². The number of ether oxygens (including phenoxy) is 6. The predicted octanol–water partition coefficient (Wildman–Crippen LogP) is 0.410. The van der Waals surface area contributed by atoms with E-state index in [9.17, 15) is 65.8 Å². The third-order valence-corrected chi connectivity index (χ3v) is 19.1. The van der Waals surface area contributed by atoms with Gasteiger partial charge in [-0.1, -0.05) is 53.2 Å². The Morgan fingerprint density at radius 1 is 0.712 bits per heavy atom. The van der Waals surface area contributed by atoms with Crippen LogP contribution in [0.5, 0.6) is 0 Å². The molecule has 5 aliphatic carbocycles. The molecule has 23 atom stereocenters. The van der Waals surface area contributed by atoms with Crippen LogP contribution in [-0.4, -0.2) is 180 Å². The van der Waals surface area contributed by atoms with Crippen LogP contribution in [0.1, 0.15) is 106 Å². The maximum atomic E-state index is 13.5. The molecular weight excluding hydrogens is 868 g/mol. The third kappa shape index (κ3) is 7.82. The molecule has 3 saturated heterocycles. The van der Waals surface area contributed by atoms with Gasteiger partial charge in [-0.2, -0.15) is 0 Å². The fourth-order valence-electron chi connectivity index (χ4n) is 14.9. The van der Waals surface area contributed by atoms with E-state index in [0.717, 1.165) is 25.7 Å². The largest absolute Gasteiger partial charge is 0.481 e. The Morgan fingerprint density at radius 3 is 2.06 bits per heavy atom. The quantitative estimate of drug-likeness (QED) is 0.104. The molecule has 0 radical (unpaired) electrons. The summed E-state index contributed by atoms with van der Waals surface area (Å²) in [6, 6.07) is 0. The van der Waals surface area contributed by atoms with Crippen molar-refractivity contribution in [1.29, 1.82) is 0 Å². The lowest BCUT2D eigenvalue weighted by Crippen LogP contribution is -2.67. The molecule has 4 saturated carbocycles. The highest BCUT2D eigenvalue weighted by Crippen LogP contribution is 2.76. The van der Waals surface area contributed by atoms with Crippen LogP contribution in [0.15, 0.2) is 11.6 Å². The number of aliphatic hydroxyl groups is 9. The molecule has 8 aliphatic rings. The molecule has 0 bridgehead atoms. The van der Waals surface area contributed by atoms with E-state index >= 15 is 0 Å². The van der Waals surface area contributed by atoms with Crippen LogP contribution in [0.4, 0.5) is 0 Å². The van der Waals surface area contributed by atoms with Crippen LogP contribution in [0, 0.1) is 50.2 Å². The maximum Gasteiger partial charge on any atom is 0.335 e. The van der Waals surface area contributed by atoms with E-state index in [-0.39, 0.29) is 40.6 Å². The molecular formula is C47H74O19. The van der Waals surface area contributed by atoms with Crippen molar-refractivity contribution in [1.82, 2.24) is 0 Å². The second-order valence-corrected chi connectivity index (χ2v) is 22.9. The normalized spacial score (nSPS) is 53.6. The lowest BCUT2D eigenvalue weighted by Gasteiger charge is -2.71. The fraction of sp³-hybridized carbons (Fsp3) is 0.915. The number of fused-ring (bicyclic) bond motifs is 7. The molecule has 66 heavy (non-hydrogen) atoms. The Morgan fingerprint density at radius 2 is 1.39 bits per heavy atom. The Labute approximate surface area is 385 Å². The summed E-state index contributed by atoms with van der Waals surface area (Å²) in [5.74, 6) is -2.34. The second kappa shape index (κ2) is 17.7. The first kappa shape index (κ1) is 50.5. The van der Waals surface area contributed by atoms with E-state index < -0.39 is 134 Å². The summed E-state index contributed by atoms with van der Waals surface area (Å²) < 4.78 is 35.6. The van der Waals surface area contributed by atoms with Gasteiger partial charge in [0.05, 0.1) is 31.3 Å². The van der Waals surface area contributed by atoms with Gasteiger partial charge in [-0.3, -0.25) is 4.79 Å². The average molecular weight is 943 g/mol. The summed E-state index contributed by atoms with van der Waals surface area (Å²) in [5, 5.41) is 115. The molecule has 8 rings (SSSR count). The summed E-state index contributed by atoms with van der Waals surface area (Å²) in [6.45, 7) is 12.5. The maximum absolute atomic E-state index is 13.5. The Kier molecular flexibility index (Phi) is 13.6. The van der Waals surface area contributed by atoms with Gasteiger partial charge < -0.3 is 84.6 Å². The van der Waals surface area contributed by atoms with Crippen LogP contribution in [0.2, 0.25) is 0 Å². The zero-order chi connectivity index (χ0) is 48.3. The topological polar surface area (TPSA) is 312 Å². The number of allylic oxidation sites excluding steroid dienone is 2. The van der Waals surface area contributed by atoms with E-state index in [1.165, 1.54) is 5.57 Å². The number of rotatable bonds is 10. The molecule has 7 fully saturated rings. The summed E-state index contributed by atoms with van der Waals surface area (Å²) in [5.41, 5.74) is -1.66. The average Bonchev–Trinajstić information content (AvgIpc) is 3.26. The van der Waals surface area contributed by atoms with Crippen LogP contribution in [0.25, 0.3) is 0 Å². The first-order chi connectivity index (χ1) is 30.8. The van der Waals surface area contributed by atoms with Gasteiger partial charge in [0.15, 0.2) is 25.0 Å². The lowest BCUT2D eigenvalue weighted by molar-refractivity contribution is -0.366. The molecule has 3 heterocycles. The van der Waals surface area contributed by atoms with Gasteiger partial charge in [0.2, 0.25) is 0 Å². The first-order valence-corrected chi connectivity index (χ1v) is 23.9. The van der Waals surface area contributed by atoms with Crippen molar-refractivity contribution in [3.05, 3.63) is 11.6 Å². The molecule has 19 heteroatoms.